The van der Waals surface area contributed by atoms with Crippen molar-refractivity contribution in [2.24, 2.45) is 0 Å². The summed E-state index contributed by atoms with van der Waals surface area (Å²) < 4.78 is 4.67. The van der Waals surface area contributed by atoms with Gasteiger partial charge in [0.15, 0.2) is 0 Å². The van der Waals surface area contributed by atoms with Crippen molar-refractivity contribution in [1.82, 2.24) is 10.2 Å². The fourth-order valence-electron chi connectivity index (χ4n) is 1.65. The standard InChI is InChI=1S/C8H17N2O5PS/c11-8(12)7-6-10(4-2-9-7)3-1-5-15-16(13,14)17/h7,9H,1-6H2,(H,11,12)(H2,13,14,17)/t7-/m1/s1. The number of carboxylic acid groups (broad SMARTS) is 1. The van der Waals surface area contributed by atoms with Crippen LogP contribution in [-0.2, 0) is 21.1 Å². The Kier molecular flexibility index (Phi) is 5.94. The third-order valence-corrected chi connectivity index (χ3v) is 3.27. The molecule has 1 fully saturated rings. The number of nitrogens with zero attached hydrogens (tertiary/aromatic N) is 1. The van der Waals surface area contributed by atoms with Crippen LogP contribution in [0.25, 0.3) is 0 Å². The van der Waals surface area contributed by atoms with E-state index in [1.165, 1.54) is 0 Å². The van der Waals surface area contributed by atoms with E-state index in [1.54, 1.807) is 0 Å². The van der Waals surface area contributed by atoms with Crippen molar-refractivity contribution in [3.05, 3.63) is 0 Å². The summed E-state index contributed by atoms with van der Waals surface area (Å²) in [4.78, 5) is 30.4. The minimum absolute atomic E-state index is 0.173. The van der Waals surface area contributed by atoms with Gasteiger partial charge in [0.2, 0.25) is 0 Å². The average Bonchev–Trinajstić information content (AvgIpc) is 2.23. The molecule has 0 aromatic carbocycles. The lowest BCUT2D eigenvalue weighted by atomic mass is 10.2. The van der Waals surface area contributed by atoms with Crippen LogP contribution < -0.4 is 5.32 Å². The highest BCUT2D eigenvalue weighted by atomic mass is 32.5. The fraction of sp³-hybridized carbons (Fsp3) is 0.875. The summed E-state index contributed by atoms with van der Waals surface area (Å²) in [7, 11) is 0. The second kappa shape index (κ2) is 6.75. The van der Waals surface area contributed by atoms with Gasteiger partial charge in [-0.2, -0.15) is 0 Å². The van der Waals surface area contributed by atoms with E-state index < -0.39 is 18.7 Å². The van der Waals surface area contributed by atoms with E-state index in [0.717, 1.165) is 6.54 Å². The molecule has 0 aromatic heterocycles. The predicted molar refractivity (Wildman–Crippen MR) is 65.2 cm³/mol. The lowest BCUT2D eigenvalue weighted by Crippen LogP contribution is -2.54. The first-order valence-electron chi connectivity index (χ1n) is 5.27. The van der Waals surface area contributed by atoms with Gasteiger partial charge in [-0.05, 0) is 18.2 Å². The Hall–Kier alpha value is -0.0800. The Labute approximate surface area is 105 Å². The van der Waals surface area contributed by atoms with Crippen molar-refractivity contribution in [2.45, 2.75) is 12.5 Å². The molecule has 0 aliphatic carbocycles. The van der Waals surface area contributed by atoms with Gasteiger partial charge in [0.1, 0.15) is 6.04 Å². The van der Waals surface area contributed by atoms with Crippen LogP contribution in [0.1, 0.15) is 6.42 Å². The maximum absolute atomic E-state index is 10.8. The van der Waals surface area contributed by atoms with E-state index in [1.807, 2.05) is 4.90 Å². The van der Waals surface area contributed by atoms with Gasteiger partial charge in [0.05, 0.1) is 6.61 Å². The van der Waals surface area contributed by atoms with Crippen LogP contribution >= 0.6 is 6.72 Å². The number of hydrogen-bond acceptors (Lipinski definition) is 5. The second-order valence-electron chi connectivity index (χ2n) is 3.82. The number of piperazine rings is 1. The molecule has 1 rings (SSSR count). The maximum atomic E-state index is 10.8. The number of nitrogens with one attached hydrogen (secondary N) is 1. The van der Waals surface area contributed by atoms with E-state index in [0.29, 0.717) is 26.1 Å². The van der Waals surface area contributed by atoms with Gasteiger partial charge in [-0.3, -0.25) is 9.69 Å². The van der Waals surface area contributed by atoms with Crippen molar-refractivity contribution in [3.8, 4) is 0 Å². The number of hydrogen-bond donors (Lipinski definition) is 4. The molecule has 1 heterocycles. The number of aliphatic carboxylic acids is 1. The van der Waals surface area contributed by atoms with Gasteiger partial charge < -0.3 is 24.7 Å². The second-order valence-corrected chi connectivity index (χ2v) is 6.49. The minimum Gasteiger partial charge on any atom is -0.480 e. The molecule has 1 aliphatic rings. The van der Waals surface area contributed by atoms with E-state index in [4.69, 9.17) is 14.9 Å². The van der Waals surface area contributed by atoms with Gasteiger partial charge in [-0.25, -0.2) is 0 Å². The molecule has 0 saturated carbocycles. The van der Waals surface area contributed by atoms with E-state index in [9.17, 15) is 4.79 Å². The number of carboxylic acids is 1. The first-order valence-corrected chi connectivity index (χ1v) is 7.90. The molecule has 1 aliphatic heterocycles. The Bertz CT molecular complexity index is 310. The number of rotatable bonds is 6. The van der Waals surface area contributed by atoms with Gasteiger partial charge in [-0.1, -0.05) is 0 Å². The summed E-state index contributed by atoms with van der Waals surface area (Å²) in [5.41, 5.74) is 0. The van der Waals surface area contributed by atoms with E-state index >= 15 is 0 Å². The van der Waals surface area contributed by atoms with Crippen molar-refractivity contribution in [3.63, 3.8) is 0 Å². The lowest BCUT2D eigenvalue weighted by Gasteiger charge is -2.31. The Morgan fingerprint density at radius 2 is 2.29 bits per heavy atom. The van der Waals surface area contributed by atoms with Crippen LogP contribution in [0.15, 0.2) is 0 Å². The van der Waals surface area contributed by atoms with Crippen molar-refractivity contribution in [1.29, 1.82) is 0 Å². The quantitative estimate of drug-likeness (QED) is 0.362. The summed E-state index contributed by atoms with van der Waals surface area (Å²) in [6, 6.07) is -0.536. The van der Waals surface area contributed by atoms with Gasteiger partial charge >= 0.3 is 12.7 Å². The largest absolute Gasteiger partial charge is 0.480 e. The molecule has 0 amide bonds. The van der Waals surface area contributed by atoms with E-state index in [2.05, 4.69) is 21.6 Å². The summed E-state index contributed by atoms with van der Waals surface area (Å²) in [6.07, 6.45) is 0.589. The van der Waals surface area contributed by atoms with Crippen molar-refractivity contribution < 1.29 is 24.2 Å². The number of carbonyl (C=O) groups is 1. The molecule has 1 saturated heterocycles. The molecule has 0 bridgehead atoms. The first kappa shape index (κ1) is 15.0. The monoisotopic (exact) mass is 284 g/mol. The first-order chi connectivity index (χ1) is 7.88. The zero-order valence-corrected chi connectivity index (χ0v) is 11.0. The zero-order valence-electron chi connectivity index (χ0n) is 9.28. The van der Waals surface area contributed by atoms with Crippen LogP contribution in [0.2, 0.25) is 0 Å². The van der Waals surface area contributed by atoms with Crippen LogP contribution in [0.5, 0.6) is 0 Å². The highest BCUT2D eigenvalue weighted by Gasteiger charge is 2.24. The van der Waals surface area contributed by atoms with Gasteiger partial charge in [0, 0.05) is 26.2 Å². The van der Waals surface area contributed by atoms with Crippen LogP contribution in [-0.4, -0.2) is 64.6 Å². The minimum atomic E-state index is -3.55. The summed E-state index contributed by atoms with van der Waals surface area (Å²) >= 11 is 4.31. The SMILES string of the molecule is O=C(O)[C@H]1CN(CCCOP(O)(O)=S)CCN1. The molecule has 4 N–H and O–H groups in total. The molecule has 100 valence electrons. The lowest BCUT2D eigenvalue weighted by molar-refractivity contribution is -0.140. The fourth-order valence-corrected chi connectivity index (χ4v) is 2.24. The predicted octanol–water partition coefficient (Wildman–Crippen LogP) is -1.04. The molecule has 0 radical (unpaired) electrons. The summed E-state index contributed by atoms with van der Waals surface area (Å²) in [5, 5.41) is 11.7. The van der Waals surface area contributed by atoms with Gasteiger partial charge in [0.25, 0.3) is 0 Å². The average molecular weight is 284 g/mol. The van der Waals surface area contributed by atoms with Crippen molar-refractivity contribution in [2.75, 3.05) is 32.8 Å². The Morgan fingerprint density at radius 1 is 1.59 bits per heavy atom. The molecule has 9 heteroatoms. The third kappa shape index (κ3) is 6.42. The topological polar surface area (TPSA) is 102 Å². The van der Waals surface area contributed by atoms with Crippen LogP contribution in [0.3, 0.4) is 0 Å². The molecule has 17 heavy (non-hydrogen) atoms. The van der Waals surface area contributed by atoms with Gasteiger partial charge in [-0.15, -0.1) is 0 Å². The molecular formula is C8H17N2O5PS. The molecule has 0 unspecified atom stereocenters. The smallest absolute Gasteiger partial charge is 0.322 e. The molecule has 0 aromatic rings. The third-order valence-electron chi connectivity index (χ3n) is 2.44. The Morgan fingerprint density at radius 3 is 2.88 bits per heavy atom. The van der Waals surface area contributed by atoms with Crippen molar-refractivity contribution >= 4 is 24.5 Å². The summed E-state index contributed by atoms with van der Waals surface area (Å²) in [6.45, 7) is -0.874. The molecule has 7 nitrogen and oxygen atoms in total. The highest BCUT2D eigenvalue weighted by Crippen LogP contribution is 2.36. The molecular weight excluding hydrogens is 267 g/mol. The van der Waals surface area contributed by atoms with Crippen LogP contribution in [0, 0.1) is 0 Å². The zero-order chi connectivity index (χ0) is 12.9. The molecule has 0 spiro atoms. The summed E-state index contributed by atoms with van der Waals surface area (Å²) in [5.74, 6) is -0.854. The normalized spacial score (nSPS) is 22.6. The van der Waals surface area contributed by atoms with Crippen LogP contribution in [0.4, 0.5) is 0 Å². The highest BCUT2D eigenvalue weighted by molar-refractivity contribution is 8.06. The maximum Gasteiger partial charge on any atom is 0.322 e. The van der Waals surface area contributed by atoms with E-state index in [-0.39, 0.29) is 6.61 Å². The Balaban J connectivity index is 2.19. The molecule has 1 atom stereocenters.